The zero-order chi connectivity index (χ0) is 12.8. The molecule has 0 aromatic carbocycles. The second kappa shape index (κ2) is 4.25. The number of fused-ring (bicyclic) bond motifs is 1. The molecule has 0 bridgehead atoms. The molecule has 0 unspecified atom stereocenters. The molecule has 1 fully saturated rings. The van der Waals surface area contributed by atoms with Crippen LogP contribution in [0.5, 0.6) is 0 Å². The highest BCUT2D eigenvalue weighted by Gasteiger charge is 2.48. The van der Waals surface area contributed by atoms with Gasteiger partial charge in [0, 0.05) is 0 Å². The van der Waals surface area contributed by atoms with Gasteiger partial charge in [-0.25, -0.2) is 0 Å². The van der Waals surface area contributed by atoms with Gasteiger partial charge in [0.25, 0.3) is 0 Å². The summed E-state index contributed by atoms with van der Waals surface area (Å²) in [5, 5.41) is 20.1. The Labute approximate surface area is 104 Å². The molecule has 1 saturated carbocycles. The van der Waals surface area contributed by atoms with E-state index in [-0.39, 0.29) is 0 Å². The van der Waals surface area contributed by atoms with E-state index in [1.165, 1.54) is 0 Å². The first kappa shape index (κ1) is 12.8. The molecule has 2 N–H and O–H groups in total. The predicted molar refractivity (Wildman–Crippen MR) is 69.5 cm³/mol. The second-order valence-corrected chi connectivity index (χ2v) is 6.50. The Bertz CT molecular complexity index is 354. The van der Waals surface area contributed by atoms with E-state index < -0.39 is 12.2 Å². The van der Waals surface area contributed by atoms with Gasteiger partial charge in [0.1, 0.15) is 0 Å². The summed E-state index contributed by atoms with van der Waals surface area (Å²) in [6.07, 6.45) is 3.46. The fraction of sp³-hybridized carbons (Fsp3) is 0.733. The van der Waals surface area contributed by atoms with Crippen molar-refractivity contribution in [2.24, 2.45) is 17.3 Å². The van der Waals surface area contributed by atoms with Gasteiger partial charge in [-0.05, 0) is 49.0 Å². The van der Waals surface area contributed by atoms with Crippen LogP contribution in [-0.2, 0) is 0 Å². The maximum Gasteiger partial charge on any atom is 0.0761 e. The van der Waals surface area contributed by atoms with Crippen molar-refractivity contribution in [2.75, 3.05) is 0 Å². The van der Waals surface area contributed by atoms with Crippen LogP contribution in [0, 0.1) is 17.3 Å². The summed E-state index contributed by atoms with van der Waals surface area (Å²) in [6, 6.07) is 0. The fourth-order valence-electron chi connectivity index (χ4n) is 3.48. The number of rotatable bonds is 0. The molecule has 0 aliphatic heterocycles. The van der Waals surface area contributed by atoms with Crippen LogP contribution < -0.4 is 0 Å². The van der Waals surface area contributed by atoms with Crippen LogP contribution >= 0.6 is 0 Å². The van der Waals surface area contributed by atoms with Crippen LogP contribution in [0.25, 0.3) is 0 Å². The Morgan fingerprint density at radius 3 is 2.59 bits per heavy atom. The average Bonchev–Trinajstić information content (AvgIpc) is 2.23. The summed E-state index contributed by atoms with van der Waals surface area (Å²) in [6.45, 7) is 10.6. The fourth-order valence-corrected chi connectivity index (χ4v) is 3.48. The van der Waals surface area contributed by atoms with Crippen molar-refractivity contribution in [3.8, 4) is 0 Å². The second-order valence-electron chi connectivity index (χ2n) is 6.50. The topological polar surface area (TPSA) is 40.5 Å². The Hall–Kier alpha value is -0.600. The molecule has 96 valence electrons. The highest BCUT2D eigenvalue weighted by Crippen LogP contribution is 2.56. The van der Waals surface area contributed by atoms with E-state index in [1.807, 2.05) is 6.92 Å². The predicted octanol–water partition coefficient (Wildman–Crippen LogP) is 2.67. The monoisotopic (exact) mass is 236 g/mol. The molecule has 2 heteroatoms. The van der Waals surface area contributed by atoms with Gasteiger partial charge in [0.15, 0.2) is 0 Å². The number of hydrogen-bond donors (Lipinski definition) is 2. The molecule has 2 nitrogen and oxygen atoms in total. The first-order chi connectivity index (χ1) is 7.81. The third kappa shape index (κ3) is 2.34. The van der Waals surface area contributed by atoms with Gasteiger partial charge in [-0.15, -0.1) is 0 Å². The standard InChI is InChI=1S/C15H24O2/c1-9-5-11(16)6-10(2)14(17)7-13-12(9)8-15(13,3)4/h6,11-14,16-17H,1,5,7-8H2,2-4H3/b10-6+/t11-,12+,13-,14-/m1/s1. The first-order valence-corrected chi connectivity index (χ1v) is 6.53. The van der Waals surface area contributed by atoms with Crippen LogP contribution in [-0.4, -0.2) is 22.4 Å². The molecule has 17 heavy (non-hydrogen) atoms. The van der Waals surface area contributed by atoms with Crippen molar-refractivity contribution in [2.45, 2.75) is 52.2 Å². The first-order valence-electron chi connectivity index (χ1n) is 6.53. The molecule has 0 heterocycles. The lowest BCUT2D eigenvalue weighted by Crippen LogP contribution is -2.46. The molecule has 2 rings (SSSR count). The van der Waals surface area contributed by atoms with Crippen molar-refractivity contribution in [1.29, 1.82) is 0 Å². The molecule has 0 aromatic rings. The van der Waals surface area contributed by atoms with E-state index in [2.05, 4.69) is 20.4 Å². The summed E-state index contributed by atoms with van der Waals surface area (Å²) in [4.78, 5) is 0. The van der Waals surface area contributed by atoms with Gasteiger partial charge in [-0.3, -0.25) is 0 Å². The molecule has 0 radical (unpaired) electrons. The Kier molecular flexibility index (Phi) is 3.21. The maximum absolute atomic E-state index is 10.2. The van der Waals surface area contributed by atoms with Crippen molar-refractivity contribution >= 4 is 0 Å². The molecule has 0 spiro atoms. The quantitative estimate of drug-likeness (QED) is 0.635. The minimum absolute atomic E-state index is 0.296. The van der Waals surface area contributed by atoms with E-state index in [0.717, 1.165) is 24.0 Å². The van der Waals surface area contributed by atoms with Gasteiger partial charge < -0.3 is 10.2 Å². The molecule has 0 saturated heterocycles. The SMILES string of the molecule is C=C1C[C@@H](O)/C=C(\C)[C@H](O)C[C@@H]2[C@H]1CC2(C)C. The Balaban J connectivity index is 2.24. The summed E-state index contributed by atoms with van der Waals surface area (Å²) in [5.41, 5.74) is 2.35. The Morgan fingerprint density at radius 1 is 1.35 bits per heavy atom. The summed E-state index contributed by atoms with van der Waals surface area (Å²) >= 11 is 0. The van der Waals surface area contributed by atoms with Crippen LogP contribution in [0.4, 0.5) is 0 Å². The van der Waals surface area contributed by atoms with Crippen molar-refractivity contribution in [3.05, 3.63) is 23.8 Å². The number of aliphatic hydroxyl groups is 2. The van der Waals surface area contributed by atoms with E-state index in [1.54, 1.807) is 6.08 Å². The maximum atomic E-state index is 10.2. The van der Waals surface area contributed by atoms with Crippen LogP contribution in [0.1, 0.15) is 40.0 Å². The molecule has 0 aromatic heterocycles. The van der Waals surface area contributed by atoms with E-state index in [0.29, 0.717) is 23.7 Å². The lowest BCUT2D eigenvalue weighted by atomic mass is 9.52. The number of aliphatic hydroxyl groups excluding tert-OH is 2. The average molecular weight is 236 g/mol. The normalized spacial score (nSPS) is 44.5. The van der Waals surface area contributed by atoms with Gasteiger partial charge >= 0.3 is 0 Å². The van der Waals surface area contributed by atoms with E-state index in [9.17, 15) is 10.2 Å². The van der Waals surface area contributed by atoms with Crippen LogP contribution in [0.3, 0.4) is 0 Å². The van der Waals surface area contributed by atoms with Gasteiger partial charge in [-0.2, -0.15) is 0 Å². The van der Waals surface area contributed by atoms with Crippen molar-refractivity contribution in [1.82, 2.24) is 0 Å². The minimum atomic E-state index is -0.486. The zero-order valence-electron chi connectivity index (χ0n) is 11.1. The van der Waals surface area contributed by atoms with Crippen LogP contribution in [0.2, 0.25) is 0 Å². The summed E-state index contributed by atoms with van der Waals surface area (Å²) in [5.74, 6) is 0.979. The van der Waals surface area contributed by atoms with Crippen LogP contribution in [0.15, 0.2) is 23.8 Å². The van der Waals surface area contributed by atoms with Crippen molar-refractivity contribution in [3.63, 3.8) is 0 Å². The molecule has 2 aliphatic carbocycles. The summed E-state index contributed by atoms with van der Waals surface area (Å²) in [7, 11) is 0. The van der Waals surface area contributed by atoms with E-state index >= 15 is 0 Å². The van der Waals surface area contributed by atoms with Crippen molar-refractivity contribution < 1.29 is 10.2 Å². The molecule has 2 aliphatic rings. The Morgan fingerprint density at radius 2 is 2.00 bits per heavy atom. The third-order valence-corrected chi connectivity index (χ3v) is 4.69. The third-order valence-electron chi connectivity index (χ3n) is 4.69. The van der Waals surface area contributed by atoms with E-state index in [4.69, 9.17) is 0 Å². The highest BCUT2D eigenvalue weighted by molar-refractivity contribution is 5.20. The molecule has 4 atom stereocenters. The van der Waals surface area contributed by atoms with Gasteiger partial charge in [0.2, 0.25) is 0 Å². The van der Waals surface area contributed by atoms with Gasteiger partial charge in [-0.1, -0.05) is 32.1 Å². The largest absolute Gasteiger partial charge is 0.389 e. The lowest BCUT2D eigenvalue weighted by Gasteiger charge is -2.53. The molecular formula is C15H24O2. The number of hydrogen-bond acceptors (Lipinski definition) is 2. The lowest BCUT2D eigenvalue weighted by molar-refractivity contribution is -0.0206. The highest BCUT2D eigenvalue weighted by atomic mass is 16.3. The minimum Gasteiger partial charge on any atom is -0.389 e. The molecule has 0 amide bonds. The smallest absolute Gasteiger partial charge is 0.0761 e. The van der Waals surface area contributed by atoms with Gasteiger partial charge in [0.05, 0.1) is 12.2 Å². The summed E-state index contributed by atoms with van der Waals surface area (Å²) < 4.78 is 0. The zero-order valence-corrected chi connectivity index (χ0v) is 11.1. The molecular weight excluding hydrogens is 212 g/mol.